The minimum Gasteiger partial charge on any atom is -0.481 e. The van der Waals surface area contributed by atoms with E-state index in [4.69, 9.17) is 9.84 Å². The number of quaternary nitrogens is 1. The number of hydrogen-bond acceptors (Lipinski definition) is 2. The first-order chi connectivity index (χ1) is 9.85. The highest BCUT2D eigenvalue weighted by Gasteiger charge is 2.21. The maximum atomic E-state index is 10.9. The summed E-state index contributed by atoms with van der Waals surface area (Å²) in [6, 6.07) is 0. The molecule has 0 aliphatic carbocycles. The van der Waals surface area contributed by atoms with Gasteiger partial charge in [-0.3, -0.25) is 4.79 Å². The van der Waals surface area contributed by atoms with Gasteiger partial charge in [0.2, 0.25) is 0 Å². The van der Waals surface area contributed by atoms with Crippen molar-refractivity contribution in [3.05, 3.63) is 12.7 Å². The van der Waals surface area contributed by atoms with Gasteiger partial charge in [0, 0.05) is 6.61 Å². The molecule has 21 heavy (non-hydrogen) atoms. The van der Waals surface area contributed by atoms with Crippen LogP contribution in [0.25, 0.3) is 0 Å². The van der Waals surface area contributed by atoms with Gasteiger partial charge in [-0.25, -0.2) is 0 Å². The van der Waals surface area contributed by atoms with Crippen LogP contribution in [0.4, 0.5) is 0 Å². The smallest absolute Gasteiger partial charge is 0.306 e. The van der Waals surface area contributed by atoms with Crippen LogP contribution in [0.3, 0.4) is 0 Å². The van der Waals surface area contributed by atoms with E-state index in [1.54, 1.807) is 0 Å². The van der Waals surface area contributed by atoms with Gasteiger partial charge >= 0.3 is 5.97 Å². The summed E-state index contributed by atoms with van der Waals surface area (Å²) in [6.45, 7) is 5.12. The number of hydrogen-bond donors (Lipinski definition) is 1. The molecule has 0 bridgehead atoms. The molecule has 4 nitrogen and oxygen atoms in total. The molecule has 0 unspecified atom stereocenters. The van der Waals surface area contributed by atoms with E-state index in [2.05, 4.69) is 27.7 Å². The molecule has 0 saturated heterocycles. The van der Waals surface area contributed by atoms with Crippen LogP contribution in [0.1, 0.15) is 51.4 Å². The summed E-state index contributed by atoms with van der Waals surface area (Å²) in [5.74, 6) is -0.782. The average molecular weight is 300 g/mol. The minimum atomic E-state index is -0.782. The van der Waals surface area contributed by atoms with Gasteiger partial charge in [-0.1, -0.05) is 31.8 Å². The molecular formula is C17H34NO3+. The van der Waals surface area contributed by atoms with E-state index >= 15 is 0 Å². The Kier molecular flexibility index (Phi) is 11.3. The highest BCUT2D eigenvalue weighted by molar-refractivity contribution is 5.67. The molecule has 0 fully saturated rings. The lowest BCUT2D eigenvalue weighted by Crippen LogP contribution is -2.43. The van der Waals surface area contributed by atoms with E-state index in [0.29, 0.717) is 6.61 Å². The van der Waals surface area contributed by atoms with Crippen molar-refractivity contribution in [1.29, 1.82) is 0 Å². The molecule has 124 valence electrons. The Labute approximate surface area is 130 Å². The van der Waals surface area contributed by atoms with Gasteiger partial charge in [-0.05, 0) is 19.3 Å². The van der Waals surface area contributed by atoms with Crippen LogP contribution in [-0.4, -0.2) is 56.0 Å². The molecule has 1 atom stereocenters. The Morgan fingerprint density at radius 3 is 2.24 bits per heavy atom. The molecule has 4 heteroatoms. The van der Waals surface area contributed by atoms with Crippen LogP contribution in [0.15, 0.2) is 12.7 Å². The summed E-state index contributed by atoms with van der Waals surface area (Å²) in [5.41, 5.74) is 0. The highest BCUT2D eigenvalue weighted by atomic mass is 16.5. The van der Waals surface area contributed by atoms with E-state index in [1.807, 2.05) is 6.08 Å². The molecule has 0 aromatic carbocycles. The lowest BCUT2D eigenvalue weighted by Gasteiger charge is -2.28. The zero-order valence-corrected chi connectivity index (χ0v) is 14.1. The number of carboxylic acids is 1. The Bertz CT molecular complexity index is 284. The number of carbonyl (C=O) groups is 1. The number of likely N-dealkylation sites (N-methyl/N-ethyl adjacent to an activating group) is 1. The molecule has 0 spiro atoms. The predicted molar refractivity (Wildman–Crippen MR) is 87.4 cm³/mol. The van der Waals surface area contributed by atoms with Gasteiger partial charge in [0.1, 0.15) is 12.6 Å². The van der Waals surface area contributed by atoms with Crippen molar-refractivity contribution in [3.63, 3.8) is 0 Å². The van der Waals surface area contributed by atoms with Crippen molar-refractivity contribution in [1.82, 2.24) is 0 Å². The Balaban J connectivity index is 3.68. The number of allylic oxidation sites excluding steroid dienone is 1. The Morgan fingerprint density at radius 2 is 1.71 bits per heavy atom. The van der Waals surface area contributed by atoms with E-state index in [9.17, 15) is 4.79 Å². The van der Waals surface area contributed by atoms with Crippen LogP contribution in [0.2, 0.25) is 0 Å². The summed E-state index contributed by atoms with van der Waals surface area (Å²) in [6.07, 6.45) is 10.2. The van der Waals surface area contributed by atoms with Crippen molar-refractivity contribution >= 4 is 5.97 Å². The fraction of sp³-hybridized carbons (Fsp3) is 0.824. The predicted octanol–water partition coefficient (Wildman–Crippen LogP) is 3.47. The number of carboxylic acid groups (broad SMARTS) is 1. The third-order valence-corrected chi connectivity index (χ3v) is 3.31. The number of rotatable bonds is 14. The number of nitrogens with zero attached hydrogens (tertiary/aromatic N) is 1. The quantitative estimate of drug-likeness (QED) is 0.303. The molecule has 1 N–H and O–H groups in total. The van der Waals surface area contributed by atoms with Gasteiger partial charge in [-0.2, -0.15) is 0 Å². The minimum absolute atomic E-state index is 0.0943. The summed E-state index contributed by atoms with van der Waals surface area (Å²) >= 11 is 0. The second kappa shape index (κ2) is 11.8. The van der Waals surface area contributed by atoms with Crippen molar-refractivity contribution in [2.24, 2.45) is 0 Å². The third-order valence-electron chi connectivity index (χ3n) is 3.31. The van der Waals surface area contributed by atoms with Crippen LogP contribution >= 0.6 is 0 Å². The fourth-order valence-corrected chi connectivity index (χ4v) is 2.33. The fourth-order valence-electron chi connectivity index (χ4n) is 2.33. The summed E-state index contributed by atoms with van der Waals surface area (Å²) in [7, 11) is 6.17. The Hall–Kier alpha value is -0.870. The SMILES string of the molecule is C=CCCCCCCCCO[C@H](CC(=O)O)C[N+](C)(C)C. The number of unbranched alkanes of at least 4 members (excludes halogenated alkanes) is 6. The second-order valence-corrected chi connectivity index (χ2v) is 6.76. The van der Waals surface area contributed by atoms with Crippen molar-refractivity contribution < 1.29 is 19.1 Å². The van der Waals surface area contributed by atoms with E-state index < -0.39 is 5.97 Å². The van der Waals surface area contributed by atoms with Crippen LogP contribution in [0.5, 0.6) is 0 Å². The highest BCUT2D eigenvalue weighted by Crippen LogP contribution is 2.09. The molecular weight excluding hydrogens is 266 g/mol. The zero-order valence-electron chi connectivity index (χ0n) is 14.1. The summed E-state index contributed by atoms with van der Waals surface area (Å²) in [5, 5.41) is 8.93. The van der Waals surface area contributed by atoms with Crippen LogP contribution < -0.4 is 0 Å². The normalized spacial score (nSPS) is 13.1. The molecule has 0 saturated carbocycles. The van der Waals surface area contributed by atoms with Gasteiger partial charge in [0.05, 0.1) is 27.6 Å². The van der Waals surface area contributed by atoms with E-state index in [0.717, 1.165) is 30.3 Å². The first kappa shape index (κ1) is 20.1. The van der Waals surface area contributed by atoms with Gasteiger partial charge in [0.15, 0.2) is 0 Å². The molecule has 0 heterocycles. The van der Waals surface area contributed by atoms with Gasteiger partial charge < -0.3 is 14.3 Å². The number of aliphatic carboxylic acids is 1. The monoisotopic (exact) mass is 300 g/mol. The zero-order chi connectivity index (χ0) is 16.1. The average Bonchev–Trinajstić information content (AvgIpc) is 2.34. The van der Waals surface area contributed by atoms with Gasteiger partial charge in [0.25, 0.3) is 0 Å². The largest absolute Gasteiger partial charge is 0.481 e. The van der Waals surface area contributed by atoms with Crippen molar-refractivity contribution in [3.8, 4) is 0 Å². The van der Waals surface area contributed by atoms with Gasteiger partial charge in [-0.15, -0.1) is 6.58 Å². The molecule has 0 radical (unpaired) electrons. The van der Waals surface area contributed by atoms with E-state index in [-0.39, 0.29) is 12.5 Å². The van der Waals surface area contributed by atoms with Crippen LogP contribution in [-0.2, 0) is 9.53 Å². The number of ether oxygens (including phenoxy) is 1. The van der Waals surface area contributed by atoms with E-state index in [1.165, 1.54) is 25.7 Å². The second-order valence-electron chi connectivity index (χ2n) is 6.76. The first-order valence-electron chi connectivity index (χ1n) is 8.10. The maximum Gasteiger partial charge on any atom is 0.306 e. The molecule has 0 amide bonds. The Morgan fingerprint density at radius 1 is 1.14 bits per heavy atom. The van der Waals surface area contributed by atoms with Crippen LogP contribution in [0, 0.1) is 0 Å². The topological polar surface area (TPSA) is 46.5 Å². The molecule has 0 rings (SSSR count). The van der Waals surface area contributed by atoms with Crippen molar-refractivity contribution in [2.75, 3.05) is 34.3 Å². The lowest BCUT2D eigenvalue weighted by molar-refractivity contribution is -0.873. The maximum absolute atomic E-state index is 10.9. The lowest BCUT2D eigenvalue weighted by atomic mass is 10.1. The third kappa shape index (κ3) is 15.3. The molecule has 0 aliphatic rings. The summed E-state index contributed by atoms with van der Waals surface area (Å²) < 4.78 is 6.49. The molecule has 0 aromatic rings. The van der Waals surface area contributed by atoms with Crippen molar-refractivity contribution in [2.45, 2.75) is 57.5 Å². The molecule has 0 aromatic heterocycles. The summed E-state index contributed by atoms with van der Waals surface area (Å²) in [4.78, 5) is 10.9. The standard InChI is InChI=1S/C17H33NO3/c1-5-6-7-8-9-10-11-12-13-21-16(14-17(19)20)15-18(2,3)4/h5,16H,1,6-15H2,2-4H3/p+1/t16-/m1/s1. The molecule has 0 aliphatic heterocycles. The first-order valence-corrected chi connectivity index (χ1v) is 8.10.